The molecule has 1 saturated heterocycles. The van der Waals surface area contributed by atoms with E-state index in [4.69, 9.17) is 4.74 Å². The van der Waals surface area contributed by atoms with E-state index in [9.17, 15) is 9.59 Å². The first-order chi connectivity index (χ1) is 11.6. The molecule has 0 N–H and O–H groups in total. The fourth-order valence-corrected chi connectivity index (χ4v) is 4.91. The van der Waals surface area contributed by atoms with Crippen LogP contribution in [0.3, 0.4) is 0 Å². The number of likely N-dealkylation sites (tertiary alicyclic amines) is 1. The summed E-state index contributed by atoms with van der Waals surface area (Å²) in [5, 5.41) is 0. The lowest BCUT2D eigenvalue weighted by Crippen LogP contribution is -2.41. The van der Waals surface area contributed by atoms with Gasteiger partial charge >= 0.3 is 5.97 Å². The molecule has 2 saturated carbocycles. The van der Waals surface area contributed by atoms with Crippen molar-refractivity contribution in [2.45, 2.75) is 52.5 Å². The highest BCUT2D eigenvalue weighted by Gasteiger charge is 2.60. The number of nitrogens with zero attached hydrogens (tertiary/aromatic N) is 2. The Bertz CT molecular complexity index is 457. The summed E-state index contributed by atoms with van der Waals surface area (Å²) in [5.74, 6) is 1.93. The monoisotopic (exact) mass is 336 g/mol. The number of fused-ring (bicyclic) bond motifs is 1. The topological polar surface area (TPSA) is 49.9 Å². The standard InChI is InChI=1S/C19H32N2O3/c1-4-20(5-2)18(22)17-15-11-21(12-16(15)17)14-9-7-13(8-10-14)19(23)24-6-3/h13-17H,4-12H2,1-3H3/t13?,14?,15-,16+,17+. The van der Waals surface area contributed by atoms with E-state index < -0.39 is 0 Å². The molecule has 24 heavy (non-hydrogen) atoms. The first-order valence-electron chi connectivity index (χ1n) is 9.80. The average Bonchev–Trinajstić information content (AvgIpc) is 3.10. The molecule has 0 aromatic heterocycles. The van der Waals surface area contributed by atoms with Crippen LogP contribution < -0.4 is 0 Å². The van der Waals surface area contributed by atoms with E-state index in [0.717, 1.165) is 51.9 Å². The van der Waals surface area contributed by atoms with Gasteiger partial charge in [0.05, 0.1) is 12.5 Å². The quantitative estimate of drug-likeness (QED) is 0.698. The minimum atomic E-state index is -0.00916. The second kappa shape index (κ2) is 7.42. The summed E-state index contributed by atoms with van der Waals surface area (Å²) >= 11 is 0. The van der Waals surface area contributed by atoms with E-state index in [2.05, 4.69) is 18.7 Å². The van der Waals surface area contributed by atoms with Crippen LogP contribution in [0.5, 0.6) is 0 Å². The number of amides is 1. The summed E-state index contributed by atoms with van der Waals surface area (Å²) < 4.78 is 5.16. The number of rotatable bonds is 6. The van der Waals surface area contributed by atoms with Crippen molar-refractivity contribution in [2.24, 2.45) is 23.7 Å². The Hall–Kier alpha value is -1.10. The SMILES string of the molecule is CCOC(=O)C1CCC(N2C[C@@H]3[C@H](C2)[C@H]3C(=O)N(CC)CC)CC1. The Morgan fingerprint density at radius 2 is 1.58 bits per heavy atom. The normalized spacial score (nSPS) is 35.4. The van der Waals surface area contributed by atoms with Gasteiger partial charge in [-0.15, -0.1) is 0 Å². The molecule has 3 atom stereocenters. The Labute approximate surface area is 145 Å². The predicted octanol–water partition coefficient (Wildman–Crippen LogP) is 2.15. The minimum Gasteiger partial charge on any atom is -0.466 e. The first-order valence-corrected chi connectivity index (χ1v) is 9.80. The van der Waals surface area contributed by atoms with Gasteiger partial charge in [-0.2, -0.15) is 0 Å². The highest BCUT2D eigenvalue weighted by atomic mass is 16.5. The molecule has 136 valence electrons. The molecule has 0 spiro atoms. The van der Waals surface area contributed by atoms with Gasteiger partial charge in [0.15, 0.2) is 0 Å². The lowest BCUT2D eigenvalue weighted by molar-refractivity contribution is -0.149. The Kier molecular flexibility index (Phi) is 5.48. The van der Waals surface area contributed by atoms with Gasteiger partial charge in [0.25, 0.3) is 0 Å². The number of carbonyl (C=O) groups excluding carboxylic acids is 2. The molecule has 2 aliphatic carbocycles. The lowest BCUT2D eigenvalue weighted by atomic mass is 9.85. The summed E-state index contributed by atoms with van der Waals surface area (Å²) in [5.41, 5.74) is 0. The predicted molar refractivity (Wildman–Crippen MR) is 92.4 cm³/mol. The minimum absolute atomic E-state index is 0.00916. The average molecular weight is 336 g/mol. The van der Waals surface area contributed by atoms with Gasteiger partial charge in [0.2, 0.25) is 5.91 Å². The van der Waals surface area contributed by atoms with Crippen molar-refractivity contribution in [2.75, 3.05) is 32.8 Å². The Morgan fingerprint density at radius 3 is 2.08 bits per heavy atom. The van der Waals surface area contributed by atoms with Gasteiger partial charge in [-0.3, -0.25) is 14.5 Å². The number of hydrogen-bond donors (Lipinski definition) is 0. The molecule has 3 rings (SSSR count). The second-order valence-corrected chi connectivity index (χ2v) is 7.58. The highest BCUT2D eigenvalue weighted by Crippen LogP contribution is 2.53. The molecule has 3 fully saturated rings. The third-order valence-corrected chi connectivity index (χ3v) is 6.42. The largest absolute Gasteiger partial charge is 0.466 e. The fourth-order valence-electron chi connectivity index (χ4n) is 4.91. The maximum absolute atomic E-state index is 12.5. The fraction of sp³-hybridized carbons (Fsp3) is 0.895. The van der Waals surface area contributed by atoms with Gasteiger partial charge in [-0.25, -0.2) is 0 Å². The van der Waals surface area contributed by atoms with Crippen LogP contribution in [-0.4, -0.2) is 60.5 Å². The maximum Gasteiger partial charge on any atom is 0.308 e. The first kappa shape index (κ1) is 17.7. The number of esters is 1. The third-order valence-electron chi connectivity index (χ3n) is 6.42. The zero-order valence-corrected chi connectivity index (χ0v) is 15.4. The molecule has 0 aromatic rings. The summed E-state index contributed by atoms with van der Waals surface area (Å²) in [6.07, 6.45) is 4.10. The van der Waals surface area contributed by atoms with Crippen molar-refractivity contribution in [3.05, 3.63) is 0 Å². The molecule has 1 amide bonds. The summed E-state index contributed by atoms with van der Waals surface area (Å²) in [7, 11) is 0. The summed E-state index contributed by atoms with van der Waals surface area (Å²) in [6, 6.07) is 0.604. The van der Waals surface area contributed by atoms with E-state index in [-0.39, 0.29) is 17.8 Å². The molecule has 0 bridgehead atoms. The van der Waals surface area contributed by atoms with Crippen LogP contribution in [0.15, 0.2) is 0 Å². The van der Waals surface area contributed by atoms with Crippen LogP contribution in [0, 0.1) is 23.7 Å². The molecule has 1 aliphatic heterocycles. The van der Waals surface area contributed by atoms with E-state index in [1.165, 1.54) is 0 Å². The molecule has 3 aliphatic rings. The van der Waals surface area contributed by atoms with Crippen molar-refractivity contribution in [1.29, 1.82) is 0 Å². The zero-order valence-electron chi connectivity index (χ0n) is 15.4. The van der Waals surface area contributed by atoms with E-state index in [0.29, 0.717) is 30.4 Å². The Morgan fingerprint density at radius 1 is 1.00 bits per heavy atom. The van der Waals surface area contributed by atoms with Gasteiger partial charge < -0.3 is 9.64 Å². The smallest absolute Gasteiger partial charge is 0.308 e. The van der Waals surface area contributed by atoms with Crippen LogP contribution >= 0.6 is 0 Å². The van der Waals surface area contributed by atoms with Crippen LogP contribution in [0.1, 0.15) is 46.5 Å². The molecule has 0 aromatic carbocycles. The van der Waals surface area contributed by atoms with E-state index in [1.54, 1.807) is 0 Å². The molecule has 0 unspecified atom stereocenters. The van der Waals surface area contributed by atoms with E-state index in [1.807, 2.05) is 11.8 Å². The highest BCUT2D eigenvalue weighted by molar-refractivity contribution is 5.82. The summed E-state index contributed by atoms with van der Waals surface area (Å²) in [6.45, 7) is 10.3. The number of ether oxygens (including phenoxy) is 1. The second-order valence-electron chi connectivity index (χ2n) is 7.58. The lowest BCUT2D eigenvalue weighted by Gasteiger charge is -2.35. The van der Waals surface area contributed by atoms with Crippen LogP contribution in [0.25, 0.3) is 0 Å². The van der Waals surface area contributed by atoms with Gasteiger partial charge in [0.1, 0.15) is 0 Å². The van der Waals surface area contributed by atoms with Crippen molar-refractivity contribution >= 4 is 11.9 Å². The van der Waals surface area contributed by atoms with Crippen LogP contribution in [0.4, 0.5) is 0 Å². The number of hydrogen-bond acceptors (Lipinski definition) is 4. The zero-order chi connectivity index (χ0) is 17.3. The number of piperidine rings is 1. The van der Waals surface area contributed by atoms with Crippen molar-refractivity contribution in [3.63, 3.8) is 0 Å². The molecule has 5 heteroatoms. The van der Waals surface area contributed by atoms with E-state index >= 15 is 0 Å². The van der Waals surface area contributed by atoms with Crippen molar-refractivity contribution in [3.8, 4) is 0 Å². The van der Waals surface area contributed by atoms with Crippen LogP contribution in [-0.2, 0) is 14.3 Å². The summed E-state index contributed by atoms with van der Waals surface area (Å²) in [4.78, 5) is 28.9. The molecule has 5 nitrogen and oxygen atoms in total. The van der Waals surface area contributed by atoms with Gasteiger partial charge in [-0.1, -0.05) is 0 Å². The van der Waals surface area contributed by atoms with Gasteiger partial charge in [-0.05, 0) is 58.3 Å². The molecule has 1 heterocycles. The molecular weight excluding hydrogens is 304 g/mol. The Balaban J connectivity index is 1.44. The number of carbonyl (C=O) groups is 2. The van der Waals surface area contributed by atoms with Crippen molar-refractivity contribution in [1.82, 2.24) is 9.80 Å². The molecule has 0 radical (unpaired) electrons. The van der Waals surface area contributed by atoms with Crippen molar-refractivity contribution < 1.29 is 14.3 Å². The van der Waals surface area contributed by atoms with Gasteiger partial charge in [0, 0.05) is 38.1 Å². The maximum atomic E-state index is 12.5. The third kappa shape index (κ3) is 3.32. The molecular formula is C19H32N2O3. The van der Waals surface area contributed by atoms with Crippen LogP contribution in [0.2, 0.25) is 0 Å².